The maximum Gasteiger partial charge on any atom is 0.346 e. The monoisotopic (exact) mass is 648 g/mol. The Labute approximate surface area is 264 Å². The highest BCUT2D eigenvalue weighted by Gasteiger charge is 2.52. The number of carbonyl (C=O) groups is 4. The molecule has 0 aliphatic heterocycles. The molecule has 0 heterocycles. The molecule has 4 unspecified atom stereocenters. The van der Waals surface area contributed by atoms with Crippen molar-refractivity contribution >= 4 is 31.4 Å². The van der Waals surface area contributed by atoms with Crippen LogP contribution in [-0.4, -0.2) is 74.3 Å². The van der Waals surface area contributed by atoms with E-state index in [1.54, 1.807) is 46.8 Å². The fourth-order valence-corrected chi connectivity index (χ4v) is 6.31. The molecule has 4 N–H and O–H groups in total. The highest BCUT2D eigenvalue weighted by molar-refractivity contribution is 7.52. The Hall–Kier alpha value is -3.57. The van der Waals surface area contributed by atoms with E-state index in [4.69, 9.17) is 9.47 Å². The van der Waals surface area contributed by atoms with Crippen molar-refractivity contribution in [2.45, 2.75) is 85.0 Å². The number of carboxylic acid groups (broad SMARTS) is 1. The summed E-state index contributed by atoms with van der Waals surface area (Å²) in [4.78, 5) is 73.3. The maximum atomic E-state index is 13.8. The molecule has 0 aromatic heterocycles. The Balaban J connectivity index is 2.82. The number of amides is 1. The number of carbonyl (C=O) groups excluding carboxylic acids is 3. The van der Waals surface area contributed by atoms with Crippen LogP contribution >= 0.6 is 7.60 Å². The fraction of sp³-hybridized carbons (Fsp3) is 0.500. The molecule has 0 radical (unpaired) electrons. The molecule has 2 rings (SSSR count). The summed E-state index contributed by atoms with van der Waals surface area (Å²) in [5, 5.41) is 11.6. The van der Waals surface area contributed by atoms with Gasteiger partial charge in [0, 0.05) is 18.8 Å². The van der Waals surface area contributed by atoms with Gasteiger partial charge >= 0.3 is 25.5 Å². The molecule has 13 heteroatoms. The number of esters is 2. The van der Waals surface area contributed by atoms with Gasteiger partial charge < -0.3 is 29.7 Å². The molecule has 2 aromatic rings. The van der Waals surface area contributed by atoms with Gasteiger partial charge in [0.05, 0.1) is 6.04 Å². The third-order valence-corrected chi connectivity index (χ3v) is 8.38. The van der Waals surface area contributed by atoms with Gasteiger partial charge in [-0.05, 0) is 29.0 Å². The third kappa shape index (κ3) is 11.1. The predicted octanol–water partition coefficient (Wildman–Crippen LogP) is 4.18. The summed E-state index contributed by atoms with van der Waals surface area (Å²) in [6.45, 7) is 8.84. The minimum absolute atomic E-state index is 0.0626. The Kier molecular flexibility index (Phi) is 14.4. The van der Waals surface area contributed by atoms with Crippen LogP contribution in [0.25, 0.3) is 11.1 Å². The molecule has 0 saturated carbocycles. The van der Waals surface area contributed by atoms with E-state index >= 15 is 0 Å². The number of hydrogen-bond donors (Lipinski definition) is 4. The second kappa shape index (κ2) is 17.2. The number of carboxylic acids is 1. The Morgan fingerprint density at radius 2 is 1.36 bits per heavy atom. The molecule has 45 heavy (non-hydrogen) atoms. The average molecular weight is 649 g/mol. The van der Waals surface area contributed by atoms with Crippen LogP contribution in [0.3, 0.4) is 0 Å². The van der Waals surface area contributed by atoms with E-state index < -0.39 is 73.9 Å². The number of rotatable bonds is 17. The Bertz CT molecular complexity index is 1330. The summed E-state index contributed by atoms with van der Waals surface area (Å²) in [6.07, 6.45) is -3.11. The maximum absolute atomic E-state index is 13.8. The number of benzene rings is 2. The Morgan fingerprint density at radius 3 is 1.82 bits per heavy atom. The molecule has 4 atom stereocenters. The first-order valence-electron chi connectivity index (χ1n) is 15.0. The van der Waals surface area contributed by atoms with Gasteiger partial charge in [0.25, 0.3) is 0 Å². The molecule has 0 fully saturated rings. The smallest absolute Gasteiger partial charge is 0.346 e. The van der Waals surface area contributed by atoms with Crippen LogP contribution in [0.1, 0.15) is 59.9 Å². The van der Waals surface area contributed by atoms with Gasteiger partial charge in [-0.3, -0.25) is 23.7 Å². The number of nitrogens with one attached hydrogen (secondary N) is 1. The highest BCUT2D eigenvalue weighted by Crippen LogP contribution is 2.49. The number of nitrogens with zero attached hydrogens (tertiary/aromatic N) is 1. The van der Waals surface area contributed by atoms with Crippen LogP contribution in [0.15, 0.2) is 54.6 Å². The molecule has 248 valence electrons. The molecule has 0 aliphatic rings. The summed E-state index contributed by atoms with van der Waals surface area (Å²) >= 11 is 0. The zero-order valence-electron chi connectivity index (χ0n) is 26.6. The lowest BCUT2D eigenvalue weighted by molar-refractivity contribution is -0.181. The summed E-state index contributed by atoms with van der Waals surface area (Å²) in [5.74, 6) is -6.81. The van der Waals surface area contributed by atoms with Gasteiger partial charge in [0.2, 0.25) is 5.91 Å². The minimum Gasteiger partial charge on any atom is -0.480 e. The topological polar surface area (TPSA) is 180 Å². The van der Waals surface area contributed by atoms with Gasteiger partial charge in [-0.15, -0.1) is 0 Å². The number of hydrogen-bond acceptors (Lipinski definition) is 8. The average Bonchev–Trinajstić information content (AvgIpc) is 2.99. The van der Waals surface area contributed by atoms with E-state index in [0.717, 1.165) is 16.0 Å². The molecule has 2 aromatic carbocycles. The summed E-state index contributed by atoms with van der Waals surface area (Å²) < 4.78 is 24.7. The van der Waals surface area contributed by atoms with Crippen LogP contribution in [0.5, 0.6) is 0 Å². The second-order valence-electron chi connectivity index (χ2n) is 11.4. The van der Waals surface area contributed by atoms with Gasteiger partial charge in [-0.1, -0.05) is 96.1 Å². The molecule has 0 spiro atoms. The fourth-order valence-electron chi connectivity index (χ4n) is 4.88. The first kappa shape index (κ1) is 37.6. The normalized spacial score (nSPS) is 14.5. The van der Waals surface area contributed by atoms with Crippen molar-refractivity contribution in [3.8, 4) is 11.1 Å². The van der Waals surface area contributed by atoms with Gasteiger partial charge in [0.1, 0.15) is 12.6 Å². The third-order valence-electron chi connectivity index (χ3n) is 7.13. The highest BCUT2D eigenvalue weighted by atomic mass is 31.2. The molecule has 1 amide bonds. The predicted molar refractivity (Wildman–Crippen MR) is 168 cm³/mol. The Morgan fingerprint density at radius 1 is 0.822 bits per heavy atom. The van der Waals surface area contributed by atoms with Crippen LogP contribution in [0.4, 0.5) is 0 Å². The van der Waals surface area contributed by atoms with E-state index in [1.807, 2.05) is 42.5 Å². The molecular formula is C32H45N2O10P. The number of aliphatic carboxylic acids is 1. The van der Waals surface area contributed by atoms with E-state index in [-0.39, 0.29) is 19.3 Å². The second-order valence-corrected chi connectivity index (χ2v) is 13.1. The first-order chi connectivity index (χ1) is 21.1. The van der Waals surface area contributed by atoms with Crippen LogP contribution in [0, 0.1) is 11.8 Å². The largest absolute Gasteiger partial charge is 0.480 e. The molecular weight excluding hydrogens is 603 g/mol. The summed E-state index contributed by atoms with van der Waals surface area (Å²) in [7, 11) is -5.28. The summed E-state index contributed by atoms with van der Waals surface area (Å²) in [6, 6.07) is 15.3. The van der Waals surface area contributed by atoms with Crippen molar-refractivity contribution < 1.29 is 48.1 Å². The molecule has 0 aliphatic carbocycles. The van der Waals surface area contributed by atoms with Gasteiger partial charge in [-0.2, -0.15) is 0 Å². The lowest BCUT2D eigenvalue weighted by Crippen LogP contribution is -2.62. The van der Waals surface area contributed by atoms with Crippen molar-refractivity contribution in [2.24, 2.45) is 11.8 Å². The van der Waals surface area contributed by atoms with Crippen molar-refractivity contribution in [1.29, 1.82) is 0 Å². The zero-order valence-corrected chi connectivity index (χ0v) is 27.5. The first-order valence-corrected chi connectivity index (χ1v) is 16.6. The molecule has 0 saturated heterocycles. The lowest BCUT2D eigenvalue weighted by Gasteiger charge is -2.46. The molecule has 12 nitrogen and oxygen atoms in total. The standard InChI is InChI=1S/C32H45N2O10P/c1-7-27(37)43-29(20(3)4)32(45(40,41)42)34(31(21(5)6)44-28(38)8-2)25(30(39)33-19-26(35)36)18-22-14-16-24(17-15-22)23-12-10-9-11-13-23/h9-17,20-21,25,29,31-32H,7-8,18-19H2,1-6H3,(H,33,39)(H,35,36)(H2,40,41,42). The quantitative estimate of drug-likeness (QED) is 0.110. The lowest BCUT2D eigenvalue weighted by atomic mass is 9.97. The van der Waals surface area contributed by atoms with Gasteiger partial charge in [-0.25, -0.2) is 4.90 Å². The number of ether oxygens (including phenoxy) is 2. The minimum atomic E-state index is -5.28. The van der Waals surface area contributed by atoms with E-state index in [9.17, 15) is 38.6 Å². The van der Waals surface area contributed by atoms with Crippen molar-refractivity contribution in [3.05, 3.63) is 60.2 Å². The van der Waals surface area contributed by atoms with Crippen molar-refractivity contribution in [1.82, 2.24) is 10.2 Å². The molecule has 0 bridgehead atoms. The summed E-state index contributed by atoms with van der Waals surface area (Å²) in [5.41, 5.74) is 2.42. The van der Waals surface area contributed by atoms with Crippen LogP contribution in [-0.2, 0) is 39.6 Å². The van der Waals surface area contributed by atoms with Crippen molar-refractivity contribution in [3.63, 3.8) is 0 Å². The van der Waals surface area contributed by atoms with Crippen molar-refractivity contribution in [2.75, 3.05) is 6.54 Å². The van der Waals surface area contributed by atoms with E-state index in [1.165, 1.54) is 6.92 Å². The van der Waals surface area contributed by atoms with E-state index in [0.29, 0.717) is 5.56 Å². The van der Waals surface area contributed by atoms with E-state index in [2.05, 4.69) is 5.32 Å². The van der Waals surface area contributed by atoms with Gasteiger partial charge in [0.15, 0.2) is 12.0 Å². The van der Waals surface area contributed by atoms with Crippen LogP contribution < -0.4 is 5.32 Å². The SMILES string of the molecule is CCC(=O)OC(C(C)C)C(N(C(Cc1ccc(-c2ccccc2)cc1)C(=O)NCC(=O)O)C(OC(=O)CC)C(C)C)P(=O)(O)O. The van der Waals surface area contributed by atoms with Crippen LogP contribution in [0.2, 0.25) is 0 Å². The zero-order chi connectivity index (χ0) is 33.9.